The standard InChI is InChI=1S/C13H26N2/c1-12-7-4-6-10-15(12)11-13-8-3-2-5-9-14-13/h12-14H,2-11H2,1H3/p+2/t12-,13-/m0/s1. The Morgan fingerprint density at radius 3 is 2.80 bits per heavy atom. The average molecular weight is 212 g/mol. The summed E-state index contributed by atoms with van der Waals surface area (Å²) < 4.78 is 0. The van der Waals surface area contributed by atoms with Crippen LogP contribution in [-0.4, -0.2) is 31.7 Å². The summed E-state index contributed by atoms with van der Waals surface area (Å²) in [6, 6.07) is 1.86. The maximum atomic E-state index is 2.63. The Balaban J connectivity index is 1.78. The van der Waals surface area contributed by atoms with Gasteiger partial charge in [-0.2, -0.15) is 0 Å². The highest BCUT2D eigenvalue weighted by Gasteiger charge is 2.27. The summed E-state index contributed by atoms with van der Waals surface area (Å²) in [6.07, 6.45) is 10.3. The van der Waals surface area contributed by atoms with Gasteiger partial charge >= 0.3 is 0 Å². The third-order valence-corrected chi connectivity index (χ3v) is 4.39. The van der Waals surface area contributed by atoms with E-state index in [9.17, 15) is 0 Å². The highest BCUT2D eigenvalue weighted by atomic mass is 15.2. The normalized spacial score (nSPS) is 38.6. The van der Waals surface area contributed by atoms with Gasteiger partial charge in [0.05, 0.1) is 19.1 Å². The van der Waals surface area contributed by atoms with E-state index in [0.717, 1.165) is 12.1 Å². The Hall–Kier alpha value is -0.0800. The van der Waals surface area contributed by atoms with Gasteiger partial charge in [0.25, 0.3) is 0 Å². The predicted molar refractivity (Wildman–Crippen MR) is 63.1 cm³/mol. The van der Waals surface area contributed by atoms with Crippen molar-refractivity contribution in [2.75, 3.05) is 19.6 Å². The number of rotatable bonds is 2. The lowest BCUT2D eigenvalue weighted by atomic mass is 10.0. The summed E-state index contributed by atoms with van der Waals surface area (Å²) in [5.41, 5.74) is 0. The minimum absolute atomic E-state index is 0.926. The minimum atomic E-state index is 0.926. The third kappa shape index (κ3) is 3.46. The fraction of sp³-hybridized carbons (Fsp3) is 1.00. The molecule has 1 unspecified atom stereocenters. The van der Waals surface area contributed by atoms with E-state index >= 15 is 0 Å². The molecular weight excluding hydrogens is 184 g/mol. The largest absolute Gasteiger partial charge is 0.339 e. The molecule has 88 valence electrons. The molecule has 0 radical (unpaired) electrons. The van der Waals surface area contributed by atoms with Gasteiger partial charge < -0.3 is 10.2 Å². The van der Waals surface area contributed by atoms with Crippen LogP contribution < -0.4 is 10.2 Å². The zero-order valence-electron chi connectivity index (χ0n) is 10.3. The second-order valence-corrected chi connectivity index (χ2v) is 5.64. The van der Waals surface area contributed by atoms with E-state index in [4.69, 9.17) is 0 Å². The Morgan fingerprint density at radius 1 is 1.07 bits per heavy atom. The molecule has 3 N–H and O–H groups in total. The summed E-state index contributed by atoms with van der Waals surface area (Å²) in [6.45, 7) is 6.70. The van der Waals surface area contributed by atoms with Crippen molar-refractivity contribution in [3.63, 3.8) is 0 Å². The molecule has 2 aliphatic heterocycles. The molecule has 0 aromatic carbocycles. The van der Waals surface area contributed by atoms with Gasteiger partial charge in [-0.3, -0.25) is 0 Å². The SMILES string of the molecule is C[C@H]1CCCC[NH+]1C[C@@H]1CCCCC[NH2+]1. The molecule has 0 aliphatic carbocycles. The van der Waals surface area contributed by atoms with E-state index < -0.39 is 0 Å². The van der Waals surface area contributed by atoms with Crippen molar-refractivity contribution < 1.29 is 10.2 Å². The lowest BCUT2D eigenvalue weighted by Crippen LogP contribution is -3.19. The first-order valence-corrected chi connectivity index (χ1v) is 7.04. The summed E-state index contributed by atoms with van der Waals surface area (Å²) in [7, 11) is 0. The van der Waals surface area contributed by atoms with E-state index in [1.807, 2.05) is 4.90 Å². The van der Waals surface area contributed by atoms with Gasteiger partial charge in [0, 0.05) is 6.42 Å². The van der Waals surface area contributed by atoms with Crippen molar-refractivity contribution in [3.05, 3.63) is 0 Å². The number of nitrogens with two attached hydrogens (primary N) is 1. The van der Waals surface area contributed by atoms with Crippen LogP contribution in [0, 0.1) is 0 Å². The van der Waals surface area contributed by atoms with Crippen LogP contribution in [0.4, 0.5) is 0 Å². The van der Waals surface area contributed by atoms with Crippen LogP contribution in [-0.2, 0) is 0 Å². The van der Waals surface area contributed by atoms with Crippen molar-refractivity contribution in [2.45, 2.75) is 64.0 Å². The molecule has 2 aliphatic rings. The first kappa shape index (κ1) is 11.4. The molecule has 2 saturated heterocycles. The predicted octanol–water partition coefficient (Wildman–Crippen LogP) is -0.0503. The Kier molecular flexibility index (Phi) is 4.45. The van der Waals surface area contributed by atoms with Gasteiger partial charge in [-0.1, -0.05) is 0 Å². The summed E-state index contributed by atoms with van der Waals surface area (Å²) in [5.74, 6) is 0. The zero-order chi connectivity index (χ0) is 10.5. The minimum Gasteiger partial charge on any atom is -0.339 e. The fourth-order valence-corrected chi connectivity index (χ4v) is 3.28. The highest BCUT2D eigenvalue weighted by molar-refractivity contribution is 4.61. The number of likely N-dealkylation sites (tertiary alicyclic amines) is 1. The molecule has 2 heterocycles. The molecule has 2 heteroatoms. The molecular formula is C13H28N2+2. The van der Waals surface area contributed by atoms with Gasteiger partial charge in [-0.15, -0.1) is 0 Å². The van der Waals surface area contributed by atoms with Crippen molar-refractivity contribution in [3.8, 4) is 0 Å². The molecule has 3 atom stereocenters. The maximum absolute atomic E-state index is 2.63. The van der Waals surface area contributed by atoms with Crippen LogP contribution in [0.5, 0.6) is 0 Å². The Labute approximate surface area is 94.4 Å². The first-order chi connectivity index (χ1) is 7.36. The Bertz CT molecular complexity index is 173. The summed E-state index contributed by atoms with van der Waals surface area (Å²) in [5, 5.41) is 2.63. The average Bonchev–Trinajstić information content (AvgIpc) is 2.50. The van der Waals surface area contributed by atoms with Crippen LogP contribution in [0.15, 0.2) is 0 Å². The topological polar surface area (TPSA) is 21.1 Å². The molecule has 0 aromatic heterocycles. The van der Waals surface area contributed by atoms with Crippen LogP contribution in [0.3, 0.4) is 0 Å². The van der Waals surface area contributed by atoms with Crippen molar-refractivity contribution in [1.29, 1.82) is 0 Å². The lowest BCUT2D eigenvalue weighted by molar-refractivity contribution is -0.944. The lowest BCUT2D eigenvalue weighted by Gasteiger charge is -2.31. The first-order valence-electron chi connectivity index (χ1n) is 7.04. The second-order valence-electron chi connectivity index (χ2n) is 5.64. The van der Waals surface area contributed by atoms with E-state index in [1.54, 1.807) is 0 Å². The van der Waals surface area contributed by atoms with Crippen LogP contribution in [0.25, 0.3) is 0 Å². The molecule has 2 rings (SSSR count). The molecule has 0 bridgehead atoms. The second kappa shape index (κ2) is 5.86. The van der Waals surface area contributed by atoms with Gasteiger partial charge in [-0.05, 0) is 45.4 Å². The molecule has 0 aromatic rings. The smallest absolute Gasteiger partial charge is 0.135 e. The number of hydrogen-bond acceptors (Lipinski definition) is 0. The van der Waals surface area contributed by atoms with Gasteiger partial charge in [0.1, 0.15) is 12.6 Å². The fourth-order valence-electron chi connectivity index (χ4n) is 3.28. The van der Waals surface area contributed by atoms with E-state index in [1.165, 1.54) is 64.6 Å². The highest BCUT2D eigenvalue weighted by Crippen LogP contribution is 2.05. The van der Waals surface area contributed by atoms with Crippen molar-refractivity contribution in [1.82, 2.24) is 0 Å². The van der Waals surface area contributed by atoms with Gasteiger partial charge in [0.15, 0.2) is 0 Å². The molecule has 15 heavy (non-hydrogen) atoms. The van der Waals surface area contributed by atoms with Crippen molar-refractivity contribution >= 4 is 0 Å². The van der Waals surface area contributed by atoms with Crippen LogP contribution in [0.2, 0.25) is 0 Å². The Morgan fingerprint density at radius 2 is 1.93 bits per heavy atom. The number of nitrogens with one attached hydrogen (secondary N) is 1. The maximum Gasteiger partial charge on any atom is 0.135 e. The third-order valence-electron chi connectivity index (χ3n) is 4.39. The molecule has 0 amide bonds. The zero-order valence-corrected chi connectivity index (χ0v) is 10.3. The van der Waals surface area contributed by atoms with Crippen molar-refractivity contribution in [2.24, 2.45) is 0 Å². The summed E-state index contributed by atoms with van der Waals surface area (Å²) in [4.78, 5) is 1.89. The number of quaternary nitrogens is 2. The van der Waals surface area contributed by atoms with Gasteiger partial charge in [0.2, 0.25) is 0 Å². The number of hydrogen-bond donors (Lipinski definition) is 2. The van der Waals surface area contributed by atoms with E-state index in [0.29, 0.717) is 0 Å². The van der Waals surface area contributed by atoms with Gasteiger partial charge in [-0.25, -0.2) is 0 Å². The molecule has 0 spiro atoms. The monoisotopic (exact) mass is 212 g/mol. The summed E-state index contributed by atoms with van der Waals surface area (Å²) >= 11 is 0. The van der Waals surface area contributed by atoms with Crippen LogP contribution >= 0.6 is 0 Å². The molecule has 2 fully saturated rings. The van der Waals surface area contributed by atoms with Crippen LogP contribution in [0.1, 0.15) is 51.9 Å². The van der Waals surface area contributed by atoms with E-state index in [-0.39, 0.29) is 0 Å². The van der Waals surface area contributed by atoms with E-state index in [2.05, 4.69) is 12.2 Å². The quantitative estimate of drug-likeness (QED) is 0.640. The molecule has 2 nitrogen and oxygen atoms in total. The number of piperidine rings is 1. The molecule has 0 saturated carbocycles.